The molecule has 0 unspecified atom stereocenters. The van der Waals surface area contributed by atoms with E-state index < -0.39 is 0 Å². The minimum atomic E-state index is -0.0534. The van der Waals surface area contributed by atoms with Crippen molar-refractivity contribution >= 4 is 17.2 Å². The zero-order valence-corrected chi connectivity index (χ0v) is 14.1. The molecule has 1 saturated heterocycles. The maximum Gasteiger partial charge on any atom is 0.256 e. The monoisotopic (exact) mass is 312 g/mol. The number of nitrogens with one attached hydrogen (secondary N) is 1. The second-order valence-electron chi connectivity index (χ2n) is 6.28. The molecule has 1 fully saturated rings. The molecule has 0 spiro atoms. The van der Waals surface area contributed by atoms with Crippen molar-refractivity contribution in [2.75, 3.05) is 32.6 Å². The van der Waals surface area contributed by atoms with Gasteiger partial charge in [0.05, 0.1) is 12.8 Å². The SMILES string of the molecule is CC[C@@H]1CN(C)CCC1=CC=C1C(=O)Nc2c(OC)cccc21. The fraction of sp³-hybridized carbons (Fsp3) is 0.421. The summed E-state index contributed by atoms with van der Waals surface area (Å²) in [6, 6.07) is 5.75. The number of carbonyl (C=O) groups excluding carboxylic acids is 1. The fourth-order valence-electron chi connectivity index (χ4n) is 3.43. The standard InChI is InChI=1S/C19H24N2O2/c1-4-13-12-21(2)11-10-14(13)8-9-16-15-6-5-7-17(23-3)18(15)20-19(16)22/h5-9,13H,4,10-12H2,1-3H3,(H,20,22)/t13-/m1/s1. The van der Waals surface area contributed by atoms with Gasteiger partial charge in [-0.05, 0) is 37.9 Å². The molecule has 1 aromatic rings. The molecule has 2 aliphatic rings. The molecule has 1 aromatic carbocycles. The van der Waals surface area contributed by atoms with E-state index in [0.29, 0.717) is 11.7 Å². The molecule has 3 rings (SSSR count). The van der Waals surface area contributed by atoms with Crippen molar-refractivity contribution in [3.63, 3.8) is 0 Å². The number of nitrogens with zero attached hydrogens (tertiary/aromatic N) is 1. The van der Waals surface area contributed by atoms with E-state index in [1.165, 1.54) is 5.57 Å². The Morgan fingerprint density at radius 3 is 2.96 bits per heavy atom. The van der Waals surface area contributed by atoms with E-state index in [-0.39, 0.29) is 5.91 Å². The van der Waals surface area contributed by atoms with Crippen molar-refractivity contribution < 1.29 is 9.53 Å². The van der Waals surface area contributed by atoms with Crippen LogP contribution in [0.1, 0.15) is 25.3 Å². The number of hydrogen-bond acceptors (Lipinski definition) is 3. The van der Waals surface area contributed by atoms with Gasteiger partial charge in [0.1, 0.15) is 5.75 Å². The predicted molar refractivity (Wildman–Crippen MR) is 93.6 cm³/mol. The molecule has 2 aliphatic heterocycles. The van der Waals surface area contributed by atoms with Gasteiger partial charge in [-0.25, -0.2) is 0 Å². The highest BCUT2D eigenvalue weighted by Gasteiger charge is 2.27. The molecule has 0 aliphatic carbocycles. The van der Waals surface area contributed by atoms with Crippen molar-refractivity contribution in [1.29, 1.82) is 0 Å². The molecule has 1 atom stereocenters. The van der Waals surface area contributed by atoms with Gasteiger partial charge in [-0.15, -0.1) is 0 Å². The first-order valence-corrected chi connectivity index (χ1v) is 8.22. The molecular weight excluding hydrogens is 288 g/mol. The van der Waals surface area contributed by atoms with Gasteiger partial charge < -0.3 is 15.0 Å². The molecule has 0 radical (unpaired) electrons. The van der Waals surface area contributed by atoms with E-state index >= 15 is 0 Å². The summed E-state index contributed by atoms with van der Waals surface area (Å²) >= 11 is 0. The fourth-order valence-corrected chi connectivity index (χ4v) is 3.43. The third-order valence-electron chi connectivity index (χ3n) is 4.81. The highest BCUT2D eigenvalue weighted by atomic mass is 16.5. The van der Waals surface area contributed by atoms with E-state index in [0.717, 1.165) is 42.8 Å². The van der Waals surface area contributed by atoms with Crippen LogP contribution in [-0.4, -0.2) is 38.1 Å². The van der Waals surface area contributed by atoms with Gasteiger partial charge in [0, 0.05) is 24.2 Å². The normalized spacial score (nSPS) is 24.8. The number of amides is 1. The Labute approximate surface area is 137 Å². The Bertz CT molecular complexity index is 676. The summed E-state index contributed by atoms with van der Waals surface area (Å²) in [6.45, 7) is 4.41. The smallest absolute Gasteiger partial charge is 0.256 e. The lowest BCUT2D eigenvalue weighted by Crippen LogP contribution is -2.33. The first-order valence-electron chi connectivity index (χ1n) is 8.22. The Kier molecular flexibility index (Phi) is 4.53. The number of para-hydroxylation sites is 1. The highest BCUT2D eigenvalue weighted by molar-refractivity contribution is 6.32. The van der Waals surface area contributed by atoms with Gasteiger partial charge in [-0.2, -0.15) is 0 Å². The van der Waals surface area contributed by atoms with Gasteiger partial charge in [0.25, 0.3) is 5.91 Å². The summed E-state index contributed by atoms with van der Waals surface area (Å²) < 4.78 is 5.33. The number of benzene rings is 1. The average Bonchev–Trinajstić information content (AvgIpc) is 2.89. The van der Waals surface area contributed by atoms with Gasteiger partial charge in [-0.1, -0.05) is 30.7 Å². The van der Waals surface area contributed by atoms with Crippen molar-refractivity contribution in [3.8, 4) is 5.75 Å². The average molecular weight is 312 g/mol. The topological polar surface area (TPSA) is 41.6 Å². The van der Waals surface area contributed by atoms with E-state index in [1.807, 2.05) is 24.3 Å². The summed E-state index contributed by atoms with van der Waals surface area (Å²) in [5.41, 5.74) is 3.87. The number of carbonyl (C=O) groups is 1. The Morgan fingerprint density at radius 1 is 1.39 bits per heavy atom. The first kappa shape index (κ1) is 15.8. The van der Waals surface area contributed by atoms with Crippen LogP contribution in [-0.2, 0) is 4.79 Å². The summed E-state index contributed by atoms with van der Waals surface area (Å²) in [5.74, 6) is 1.24. The number of likely N-dealkylation sites (tertiary alicyclic amines) is 1. The number of ether oxygens (including phenoxy) is 1. The summed E-state index contributed by atoms with van der Waals surface area (Å²) in [5, 5.41) is 2.92. The third-order valence-corrected chi connectivity index (χ3v) is 4.81. The lowest BCUT2D eigenvalue weighted by atomic mass is 9.89. The van der Waals surface area contributed by atoms with Gasteiger partial charge in [0.15, 0.2) is 0 Å². The van der Waals surface area contributed by atoms with Crippen LogP contribution in [0.15, 0.2) is 35.9 Å². The number of allylic oxidation sites excluding steroid dienone is 2. The summed E-state index contributed by atoms with van der Waals surface area (Å²) in [7, 11) is 3.79. The van der Waals surface area contributed by atoms with Crippen LogP contribution in [0.2, 0.25) is 0 Å². The molecule has 0 saturated carbocycles. The van der Waals surface area contributed by atoms with Crippen LogP contribution in [0.4, 0.5) is 5.69 Å². The van der Waals surface area contributed by atoms with Gasteiger partial charge >= 0.3 is 0 Å². The lowest BCUT2D eigenvalue weighted by Gasteiger charge is -2.31. The minimum absolute atomic E-state index is 0.0534. The molecule has 4 nitrogen and oxygen atoms in total. The largest absolute Gasteiger partial charge is 0.495 e. The molecule has 0 aromatic heterocycles. The number of fused-ring (bicyclic) bond motifs is 1. The maximum atomic E-state index is 12.3. The third kappa shape index (κ3) is 3.04. The summed E-state index contributed by atoms with van der Waals surface area (Å²) in [4.78, 5) is 14.7. The molecule has 4 heteroatoms. The van der Waals surface area contributed by atoms with Crippen molar-refractivity contribution in [2.24, 2.45) is 5.92 Å². The second-order valence-corrected chi connectivity index (χ2v) is 6.28. The number of methoxy groups -OCH3 is 1. The molecule has 2 heterocycles. The quantitative estimate of drug-likeness (QED) is 0.871. The van der Waals surface area contributed by atoms with Crippen LogP contribution in [0.3, 0.4) is 0 Å². The first-order chi connectivity index (χ1) is 11.1. The van der Waals surface area contributed by atoms with E-state index in [2.05, 4.69) is 30.3 Å². The van der Waals surface area contributed by atoms with Crippen LogP contribution in [0.5, 0.6) is 5.75 Å². The van der Waals surface area contributed by atoms with Crippen LogP contribution < -0.4 is 10.1 Å². The molecule has 1 amide bonds. The molecule has 122 valence electrons. The van der Waals surface area contributed by atoms with Crippen LogP contribution in [0, 0.1) is 5.92 Å². The van der Waals surface area contributed by atoms with Gasteiger partial charge in [0.2, 0.25) is 0 Å². The zero-order chi connectivity index (χ0) is 16.4. The predicted octanol–water partition coefficient (Wildman–Crippen LogP) is 3.32. The Morgan fingerprint density at radius 2 is 2.22 bits per heavy atom. The van der Waals surface area contributed by atoms with E-state index in [9.17, 15) is 4.79 Å². The van der Waals surface area contributed by atoms with Gasteiger partial charge in [-0.3, -0.25) is 4.79 Å². The van der Waals surface area contributed by atoms with Crippen molar-refractivity contribution in [3.05, 3.63) is 41.5 Å². The lowest BCUT2D eigenvalue weighted by molar-refractivity contribution is -0.110. The van der Waals surface area contributed by atoms with Crippen LogP contribution in [0.25, 0.3) is 5.57 Å². The highest BCUT2D eigenvalue weighted by Crippen LogP contribution is 2.39. The number of hydrogen-bond donors (Lipinski definition) is 1. The van der Waals surface area contributed by atoms with E-state index in [4.69, 9.17) is 4.74 Å². The number of anilines is 1. The molecule has 23 heavy (non-hydrogen) atoms. The second kappa shape index (κ2) is 6.59. The molecule has 1 N–H and O–H groups in total. The van der Waals surface area contributed by atoms with E-state index in [1.54, 1.807) is 7.11 Å². The van der Waals surface area contributed by atoms with Crippen molar-refractivity contribution in [1.82, 2.24) is 4.90 Å². The van der Waals surface area contributed by atoms with Crippen LogP contribution >= 0.6 is 0 Å². The van der Waals surface area contributed by atoms with Crippen molar-refractivity contribution in [2.45, 2.75) is 19.8 Å². The minimum Gasteiger partial charge on any atom is -0.495 e. The Balaban J connectivity index is 1.92. The number of piperidine rings is 1. The Hall–Kier alpha value is -2.07. The molecular formula is C19H24N2O2. The molecule has 0 bridgehead atoms. The zero-order valence-electron chi connectivity index (χ0n) is 14.1. The number of rotatable bonds is 3. The maximum absolute atomic E-state index is 12.3. The summed E-state index contributed by atoms with van der Waals surface area (Å²) in [6.07, 6.45) is 6.34.